The van der Waals surface area contributed by atoms with Gasteiger partial charge in [0, 0.05) is 25.2 Å². The molecule has 3 unspecified atom stereocenters. The normalized spacial score (nSPS) is 36.9. The fourth-order valence-electron chi connectivity index (χ4n) is 2.51. The molecule has 0 aromatic carbocycles. The van der Waals surface area contributed by atoms with E-state index in [0.29, 0.717) is 18.0 Å². The van der Waals surface area contributed by atoms with Gasteiger partial charge < -0.3 is 10.2 Å². The van der Waals surface area contributed by atoms with E-state index in [1.54, 1.807) is 0 Å². The molecule has 15 heavy (non-hydrogen) atoms. The molecule has 0 aliphatic carbocycles. The molecule has 1 N–H and O–H groups in total. The summed E-state index contributed by atoms with van der Waals surface area (Å²) in [5.74, 6) is 1.53. The van der Waals surface area contributed by atoms with Crippen molar-refractivity contribution in [3.8, 4) is 0 Å². The summed E-state index contributed by atoms with van der Waals surface area (Å²) in [6.45, 7) is 6.15. The van der Waals surface area contributed by atoms with Gasteiger partial charge in [0.15, 0.2) is 0 Å². The van der Waals surface area contributed by atoms with Crippen molar-refractivity contribution in [2.75, 3.05) is 18.8 Å². The van der Waals surface area contributed by atoms with Crippen molar-refractivity contribution in [2.45, 2.75) is 44.0 Å². The van der Waals surface area contributed by atoms with E-state index in [4.69, 9.17) is 0 Å². The summed E-state index contributed by atoms with van der Waals surface area (Å²) in [5, 5.41) is 3.60. The third-order valence-corrected chi connectivity index (χ3v) is 4.65. The number of nitrogens with zero attached hydrogens (tertiary/aromatic N) is 1. The maximum atomic E-state index is 12.3. The summed E-state index contributed by atoms with van der Waals surface area (Å²) >= 11 is 1.84. The first-order valence-electron chi connectivity index (χ1n) is 5.84. The third-order valence-electron chi connectivity index (χ3n) is 3.29. The van der Waals surface area contributed by atoms with Crippen molar-refractivity contribution < 1.29 is 4.79 Å². The number of piperazine rings is 1. The summed E-state index contributed by atoms with van der Waals surface area (Å²) in [6, 6.07) is 0.699. The quantitative estimate of drug-likeness (QED) is 0.729. The lowest BCUT2D eigenvalue weighted by molar-refractivity contribution is -0.136. The van der Waals surface area contributed by atoms with Crippen molar-refractivity contribution in [3.63, 3.8) is 0 Å². The van der Waals surface area contributed by atoms with E-state index in [-0.39, 0.29) is 5.25 Å². The van der Waals surface area contributed by atoms with Gasteiger partial charge in [-0.15, -0.1) is 11.8 Å². The topological polar surface area (TPSA) is 32.3 Å². The lowest BCUT2D eigenvalue weighted by Gasteiger charge is -2.40. The molecule has 3 nitrogen and oxygen atoms in total. The number of carbonyl (C=O) groups excluding carboxylic acids is 1. The number of thioether (sulfide) groups is 1. The van der Waals surface area contributed by atoms with Crippen LogP contribution in [0.2, 0.25) is 0 Å². The number of nitrogens with one attached hydrogen (secondary N) is 1. The van der Waals surface area contributed by atoms with Crippen LogP contribution >= 0.6 is 11.8 Å². The first-order chi connectivity index (χ1) is 7.20. The fraction of sp³-hybridized carbons (Fsp3) is 0.909. The monoisotopic (exact) mass is 228 g/mol. The maximum Gasteiger partial charge on any atom is 0.236 e. The molecular weight excluding hydrogens is 208 g/mol. The Kier molecular flexibility index (Phi) is 3.57. The molecule has 0 bridgehead atoms. The van der Waals surface area contributed by atoms with Gasteiger partial charge in [-0.1, -0.05) is 0 Å². The van der Waals surface area contributed by atoms with Crippen LogP contribution < -0.4 is 5.32 Å². The fourth-order valence-corrected chi connectivity index (χ4v) is 3.72. The van der Waals surface area contributed by atoms with Crippen molar-refractivity contribution >= 4 is 17.7 Å². The molecule has 2 aliphatic rings. The second kappa shape index (κ2) is 4.74. The molecule has 0 aromatic rings. The molecule has 2 fully saturated rings. The van der Waals surface area contributed by atoms with Gasteiger partial charge in [0.05, 0.1) is 5.25 Å². The summed E-state index contributed by atoms with van der Waals surface area (Å²) in [7, 11) is 0. The molecule has 2 heterocycles. The number of hydrogen-bond donors (Lipinski definition) is 1. The SMILES string of the molecule is CC1CNCC(C)N1C(=O)C1CCCS1. The van der Waals surface area contributed by atoms with Crippen molar-refractivity contribution in [2.24, 2.45) is 0 Å². The predicted molar refractivity (Wildman–Crippen MR) is 64.1 cm³/mol. The molecule has 2 aliphatic heterocycles. The molecule has 0 saturated carbocycles. The first kappa shape index (κ1) is 11.3. The maximum absolute atomic E-state index is 12.3. The number of carbonyl (C=O) groups is 1. The van der Waals surface area contributed by atoms with Crippen LogP contribution in [0, 0.1) is 0 Å². The lowest BCUT2D eigenvalue weighted by atomic mass is 10.1. The molecule has 2 saturated heterocycles. The van der Waals surface area contributed by atoms with Crippen molar-refractivity contribution in [1.82, 2.24) is 10.2 Å². The number of rotatable bonds is 1. The lowest BCUT2D eigenvalue weighted by Crippen LogP contribution is -2.58. The Balaban J connectivity index is 2.02. The van der Waals surface area contributed by atoms with E-state index in [0.717, 1.165) is 25.3 Å². The van der Waals surface area contributed by atoms with Crippen molar-refractivity contribution in [1.29, 1.82) is 0 Å². The number of amides is 1. The van der Waals surface area contributed by atoms with E-state index in [1.807, 2.05) is 11.8 Å². The molecule has 4 heteroatoms. The van der Waals surface area contributed by atoms with Gasteiger partial charge in [-0.05, 0) is 32.4 Å². The minimum absolute atomic E-state index is 0.244. The molecule has 3 atom stereocenters. The van der Waals surface area contributed by atoms with Gasteiger partial charge >= 0.3 is 0 Å². The second-order valence-corrected chi connectivity index (χ2v) is 5.91. The minimum Gasteiger partial charge on any atom is -0.334 e. The highest BCUT2D eigenvalue weighted by molar-refractivity contribution is 8.00. The van der Waals surface area contributed by atoms with Crippen molar-refractivity contribution in [3.05, 3.63) is 0 Å². The van der Waals surface area contributed by atoms with Gasteiger partial charge in [-0.2, -0.15) is 0 Å². The van der Waals surface area contributed by atoms with E-state index >= 15 is 0 Å². The van der Waals surface area contributed by atoms with Gasteiger partial charge in [0.1, 0.15) is 0 Å². The molecule has 0 spiro atoms. The Bertz CT molecular complexity index is 231. The largest absolute Gasteiger partial charge is 0.334 e. The standard InChI is InChI=1S/C11H20N2OS/c1-8-6-12-7-9(2)13(8)11(14)10-4-3-5-15-10/h8-10,12H,3-7H2,1-2H3. The summed E-state index contributed by atoms with van der Waals surface area (Å²) in [6.07, 6.45) is 2.28. The minimum atomic E-state index is 0.244. The summed E-state index contributed by atoms with van der Waals surface area (Å²) in [5.41, 5.74) is 0. The van der Waals surface area contributed by atoms with Gasteiger partial charge in [0.2, 0.25) is 5.91 Å². The third kappa shape index (κ3) is 2.31. The van der Waals surface area contributed by atoms with E-state index < -0.39 is 0 Å². The Morgan fingerprint density at radius 2 is 2.00 bits per heavy atom. The smallest absolute Gasteiger partial charge is 0.236 e. The first-order valence-corrected chi connectivity index (χ1v) is 6.89. The van der Waals surface area contributed by atoms with Gasteiger partial charge in [0.25, 0.3) is 0 Å². The molecular formula is C11H20N2OS. The van der Waals surface area contributed by atoms with Crippen LogP contribution in [-0.2, 0) is 4.79 Å². The summed E-state index contributed by atoms with van der Waals surface area (Å²) < 4.78 is 0. The van der Waals surface area contributed by atoms with Crippen LogP contribution in [0.3, 0.4) is 0 Å². The van der Waals surface area contributed by atoms with Crippen LogP contribution in [0.4, 0.5) is 0 Å². The second-order valence-electron chi connectivity index (χ2n) is 4.60. The zero-order valence-electron chi connectivity index (χ0n) is 9.53. The zero-order chi connectivity index (χ0) is 10.8. The Morgan fingerprint density at radius 1 is 1.33 bits per heavy atom. The van der Waals surface area contributed by atoms with Crippen LogP contribution in [0.15, 0.2) is 0 Å². The van der Waals surface area contributed by atoms with E-state index in [2.05, 4.69) is 24.1 Å². The Labute approximate surface area is 96.0 Å². The van der Waals surface area contributed by atoms with E-state index in [1.165, 1.54) is 6.42 Å². The molecule has 0 radical (unpaired) electrons. The highest BCUT2D eigenvalue weighted by atomic mass is 32.2. The predicted octanol–water partition coefficient (Wildman–Crippen LogP) is 1.09. The average molecular weight is 228 g/mol. The Morgan fingerprint density at radius 3 is 2.53 bits per heavy atom. The van der Waals surface area contributed by atoms with Gasteiger partial charge in [-0.3, -0.25) is 4.79 Å². The molecule has 2 rings (SSSR count). The average Bonchev–Trinajstić information content (AvgIpc) is 2.69. The van der Waals surface area contributed by atoms with E-state index in [9.17, 15) is 4.79 Å². The highest BCUT2D eigenvalue weighted by Gasteiger charge is 2.34. The molecule has 86 valence electrons. The highest BCUT2D eigenvalue weighted by Crippen LogP contribution is 2.29. The van der Waals surface area contributed by atoms with Gasteiger partial charge in [-0.25, -0.2) is 0 Å². The zero-order valence-corrected chi connectivity index (χ0v) is 10.3. The Hall–Kier alpha value is -0.220. The molecule has 1 amide bonds. The summed E-state index contributed by atoms with van der Waals surface area (Å²) in [4.78, 5) is 14.4. The van der Waals surface area contributed by atoms with Crippen LogP contribution in [0.5, 0.6) is 0 Å². The van der Waals surface area contributed by atoms with Crippen LogP contribution in [0.25, 0.3) is 0 Å². The number of hydrogen-bond acceptors (Lipinski definition) is 3. The van der Waals surface area contributed by atoms with Crippen LogP contribution in [0.1, 0.15) is 26.7 Å². The molecule has 0 aromatic heterocycles. The van der Waals surface area contributed by atoms with Crippen LogP contribution in [-0.4, -0.2) is 47.0 Å².